The minimum absolute atomic E-state index is 0.0274. The molecule has 0 aromatic heterocycles. The van der Waals surface area contributed by atoms with E-state index in [4.69, 9.17) is 17.3 Å². The average molecular weight is 271 g/mol. The molecule has 0 bridgehead atoms. The second-order valence-electron chi connectivity index (χ2n) is 4.76. The van der Waals surface area contributed by atoms with Crippen LogP contribution in [0.1, 0.15) is 30.1 Å². The molecule has 1 aromatic rings. The van der Waals surface area contributed by atoms with E-state index in [1.807, 2.05) is 6.92 Å². The largest absolute Gasteiger partial charge is 0.336 e. The van der Waals surface area contributed by atoms with Crippen molar-refractivity contribution in [1.29, 1.82) is 0 Å². The summed E-state index contributed by atoms with van der Waals surface area (Å²) < 4.78 is 13.6. The van der Waals surface area contributed by atoms with Crippen molar-refractivity contribution < 1.29 is 9.18 Å². The van der Waals surface area contributed by atoms with Gasteiger partial charge in [-0.15, -0.1) is 0 Å². The Kier molecular flexibility index (Phi) is 3.88. The maximum atomic E-state index is 13.6. The number of benzene rings is 1. The van der Waals surface area contributed by atoms with Gasteiger partial charge in [0.2, 0.25) is 0 Å². The standard InChI is InChI=1S/C13H16ClFN2O/c1-8-6-10(16)4-5-17(8)13(18)11-7-9(14)2-3-12(11)15/h2-3,7-8,10H,4-6,16H2,1H3/t8-,10-/m1/s1. The second-order valence-corrected chi connectivity index (χ2v) is 5.19. The number of piperidine rings is 1. The van der Waals surface area contributed by atoms with E-state index < -0.39 is 5.82 Å². The maximum Gasteiger partial charge on any atom is 0.257 e. The summed E-state index contributed by atoms with van der Waals surface area (Å²) in [7, 11) is 0. The highest BCUT2D eigenvalue weighted by atomic mass is 35.5. The number of amides is 1. The molecule has 1 aliphatic heterocycles. The Morgan fingerprint density at radius 1 is 1.56 bits per heavy atom. The highest BCUT2D eigenvalue weighted by Gasteiger charge is 2.29. The van der Waals surface area contributed by atoms with Crippen LogP contribution in [0.15, 0.2) is 18.2 Å². The Hall–Kier alpha value is -1.13. The molecule has 1 fully saturated rings. The molecule has 1 heterocycles. The van der Waals surface area contributed by atoms with Crippen molar-refractivity contribution in [2.24, 2.45) is 5.73 Å². The second kappa shape index (κ2) is 5.24. The summed E-state index contributed by atoms with van der Waals surface area (Å²) >= 11 is 5.80. The van der Waals surface area contributed by atoms with E-state index in [2.05, 4.69) is 0 Å². The third-order valence-electron chi connectivity index (χ3n) is 3.34. The highest BCUT2D eigenvalue weighted by molar-refractivity contribution is 6.31. The van der Waals surface area contributed by atoms with E-state index >= 15 is 0 Å². The molecular weight excluding hydrogens is 255 g/mol. The van der Waals surface area contributed by atoms with Crippen molar-refractivity contribution in [3.05, 3.63) is 34.6 Å². The molecule has 0 aliphatic carbocycles. The predicted molar refractivity (Wildman–Crippen MR) is 69.1 cm³/mol. The monoisotopic (exact) mass is 270 g/mol. The predicted octanol–water partition coefficient (Wildman–Crippen LogP) is 2.43. The minimum atomic E-state index is -0.536. The lowest BCUT2D eigenvalue weighted by atomic mass is 9.98. The van der Waals surface area contributed by atoms with Crippen molar-refractivity contribution in [3.63, 3.8) is 0 Å². The van der Waals surface area contributed by atoms with Gasteiger partial charge in [-0.3, -0.25) is 4.79 Å². The Labute approximate surface area is 111 Å². The Bertz CT molecular complexity index is 466. The minimum Gasteiger partial charge on any atom is -0.336 e. The van der Waals surface area contributed by atoms with E-state index in [-0.39, 0.29) is 23.6 Å². The van der Waals surface area contributed by atoms with Crippen molar-refractivity contribution in [3.8, 4) is 0 Å². The Morgan fingerprint density at radius 3 is 2.94 bits per heavy atom. The number of hydrogen-bond acceptors (Lipinski definition) is 2. The van der Waals surface area contributed by atoms with Gasteiger partial charge < -0.3 is 10.6 Å². The third kappa shape index (κ3) is 2.65. The van der Waals surface area contributed by atoms with Crippen LogP contribution in [-0.4, -0.2) is 29.4 Å². The maximum absolute atomic E-state index is 13.6. The van der Waals surface area contributed by atoms with Gasteiger partial charge >= 0.3 is 0 Å². The third-order valence-corrected chi connectivity index (χ3v) is 3.57. The van der Waals surface area contributed by atoms with Gasteiger partial charge in [-0.2, -0.15) is 0 Å². The van der Waals surface area contributed by atoms with E-state index in [1.165, 1.54) is 18.2 Å². The van der Waals surface area contributed by atoms with Gasteiger partial charge in [-0.1, -0.05) is 11.6 Å². The molecule has 2 N–H and O–H groups in total. The van der Waals surface area contributed by atoms with Crippen LogP contribution in [0.3, 0.4) is 0 Å². The Balaban J connectivity index is 2.23. The lowest BCUT2D eigenvalue weighted by Crippen LogP contribution is -2.48. The van der Waals surface area contributed by atoms with Crippen molar-refractivity contribution in [1.82, 2.24) is 4.90 Å². The first-order valence-electron chi connectivity index (χ1n) is 6.00. The number of likely N-dealkylation sites (tertiary alicyclic amines) is 1. The first-order valence-corrected chi connectivity index (χ1v) is 6.38. The van der Waals surface area contributed by atoms with Gasteiger partial charge in [0.05, 0.1) is 5.56 Å². The van der Waals surface area contributed by atoms with Crippen molar-refractivity contribution in [2.45, 2.75) is 31.8 Å². The molecule has 1 amide bonds. The molecule has 1 aromatic carbocycles. The summed E-state index contributed by atoms with van der Waals surface area (Å²) in [4.78, 5) is 13.9. The summed E-state index contributed by atoms with van der Waals surface area (Å²) in [6.07, 6.45) is 1.49. The quantitative estimate of drug-likeness (QED) is 0.852. The zero-order chi connectivity index (χ0) is 13.3. The molecule has 0 saturated carbocycles. The van der Waals surface area contributed by atoms with Crippen LogP contribution in [0.2, 0.25) is 5.02 Å². The molecule has 2 rings (SSSR count). The molecule has 18 heavy (non-hydrogen) atoms. The SMILES string of the molecule is C[C@@H]1C[C@H](N)CCN1C(=O)c1cc(Cl)ccc1F. The van der Waals surface area contributed by atoms with Crippen LogP contribution in [-0.2, 0) is 0 Å². The first kappa shape index (κ1) is 13.3. The molecule has 1 aliphatic rings. The number of rotatable bonds is 1. The van der Waals surface area contributed by atoms with Crippen LogP contribution in [0.5, 0.6) is 0 Å². The van der Waals surface area contributed by atoms with E-state index in [9.17, 15) is 9.18 Å². The summed E-state index contributed by atoms with van der Waals surface area (Å²) in [5.74, 6) is -0.846. The van der Waals surface area contributed by atoms with Crippen LogP contribution < -0.4 is 5.73 Å². The summed E-state index contributed by atoms with van der Waals surface area (Å²) in [6, 6.07) is 4.17. The fourth-order valence-electron chi connectivity index (χ4n) is 2.33. The van der Waals surface area contributed by atoms with Crippen LogP contribution in [0.4, 0.5) is 4.39 Å². The highest BCUT2D eigenvalue weighted by Crippen LogP contribution is 2.22. The molecule has 1 saturated heterocycles. The molecule has 2 atom stereocenters. The first-order chi connectivity index (χ1) is 8.49. The lowest BCUT2D eigenvalue weighted by Gasteiger charge is -2.36. The molecular formula is C13H16ClFN2O. The van der Waals surface area contributed by atoms with Gasteiger partial charge in [-0.25, -0.2) is 4.39 Å². The van der Waals surface area contributed by atoms with E-state index in [0.29, 0.717) is 11.6 Å². The molecule has 0 unspecified atom stereocenters. The topological polar surface area (TPSA) is 46.3 Å². The van der Waals surface area contributed by atoms with Crippen LogP contribution in [0, 0.1) is 5.82 Å². The van der Waals surface area contributed by atoms with Crippen molar-refractivity contribution >= 4 is 17.5 Å². The summed E-state index contributed by atoms with van der Waals surface area (Å²) in [5.41, 5.74) is 5.88. The van der Waals surface area contributed by atoms with Gasteiger partial charge in [0.15, 0.2) is 0 Å². The van der Waals surface area contributed by atoms with Crippen molar-refractivity contribution in [2.75, 3.05) is 6.54 Å². The average Bonchev–Trinajstić information content (AvgIpc) is 2.31. The van der Waals surface area contributed by atoms with Gasteiger partial charge in [0.1, 0.15) is 5.82 Å². The molecule has 98 valence electrons. The van der Waals surface area contributed by atoms with E-state index in [0.717, 1.165) is 12.8 Å². The van der Waals surface area contributed by atoms with Gasteiger partial charge in [0, 0.05) is 23.7 Å². The zero-order valence-electron chi connectivity index (χ0n) is 10.2. The molecule has 5 heteroatoms. The molecule has 3 nitrogen and oxygen atoms in total. The summed E-state index contributed by atoms with van der Waals surface area (Å²) in [6.45, 7) is 2.49. The van der Waals surface area contributed by atoms with Crippen LogP contribution in [0.25, 0.3) is 0 Å². The number of nitrogens with zero attached hydrogens (tertiary/aromatic N) is 1. The summed E-state index contributed by atoms with van der Waals surface area (Å²) in [5, 5.41) is 0.362. The number of carbonyl (C=O) groups excluding carboxylic acids is 1. The molecule has 0 spiro atoms. The lowest BCUT2D eigenvalue weighted by molar-refractivity contribution is 0.0614. The number of carbonyl (C=O) groups is 1. The van der Waals surface area contributed by atoms with Gasteiger partial charge in [-0.05, 0) is 38.0 Å². The number of halogens is 2. The fraction of sp³-hybridized carbons (Fsp3) is 0.462. The number of nitrogens with two attached hydrogens (primary N) is 1. The van der Waals surface area contributed by atoms with Gasteiger partial charge in [0.25, 0.3) is 5.91 Å². The fourth-order valence-corrected chi connectivity index (χ4v) is 2.50. The zero-order valence-corrected chi connectivity index (χ0v) is 11.0. The van der Waals surface area contributed by atoms with E-state index in [1.54, 1.807) is 4.90 Å². The van der Waals surface area contributed by atoms with Crippen LogP contribution >= 0.6 is 11.6 Å². The Morgan fingerprint density at radius 2 is 2.28 bits per heavy atom. The normalized spacial score (nSPS) is 24.1. The molecule has 0 radical (unpaired) electrons. The smallest absolute Gasteiger partial charge is 0.257 e. The number of hydrogen-bond donors (Lipinski definition) is 1.